The lowest BCUT2D eigenvalue weighted by Gasteiger charge is -2.28. The molecule has 0 radical (unpaired) electrons. The van der Waals surface area contributed by atoms with Crippen molar-refractivity contribution in [2.24, 2.45) is 5.92 Å². The minimum Gasteiger partial charge on any atom is -0.381 e. The molecule has 1 aromatic carbocycles. The highest BCUT2D eigenvalue weighted by molar-refractivity contribution is 5.94. The summed E-state index contributed by atoms with van der Waals surface area (Å²) in [6.45, 7) is 4.73. The van der Waals surface area contributed by atoms with Gasteiger partial charge in [0, 0.05) is 18.3 Å². The number of hydrogen-bond acceptors (Lipinski definition) is 3. The molecule has 1 saturated heterocycles. The molecule has 22 heavy (non-hydrogen) atoms. The number of amides is 2. The first kappa shape index (κ1) is 16.4. The molecule has 5 nitrogen and oxygen atoms in total. The lowest BCUT2D eigenvalue weighted by molar-refractivity contribution is -0.140. The molecule has 1 atom stereocenters. The number of carbonyl (C=O) groups is 2. The summed E-state index contributed by atoms with van der Waals surface area (Å²) in [5, 5.41) is 2.67. The molecular weight excluding hydrogens is 287 g/mol. The lowest BCUT2D eigenvalue weighted by atomic mass is 10.1. The molecule has 1 aromatic rings. The maximum absolute atomic E-state index is 12.8. The summed E-state index contributed by atoms with van der Waals surface area (Å²) >= 11 is 0. The number of benzene rings is 1. The molecular formula is C16H21FN2O3. The Bertz CT molecular complexity index is 525. The van der Waals surface area contributed by atoms with E-state index < -0.39 is 0 Å². The second-order valence-electron chi connectivity index (χ2n) is 5.68. The summed E-state index contributed by atoms with van der Waals surface area (Å²) in [4.78, 5) is 26.1. The summed E-state index contributed by atoms with van der Waals surface area (Å²) in [6, 6.07) is 5.44. The van der Waals surface area contributed by atoms with Gasteiger partial charge in [-0.25, -0.2) is 4.39 Å². The van der Waals surface area contributed by atoms with Gasteiger partial charge in [0.25, 0.3) is 0 Å². The molecule has 2 rings (SSSR count). The van der Waals surface area contributed by atoms with E-state index in [4.69, 9.17) is 4.74 Å². The Labute approximate surface area is 129 Å². The normalized spacial score (nSPS) is 17.5. The Kier molecular flexibility index (Phi) is 5.49. The lowest BCUT2D eigenvalue weighted by Crippen LogP contribution is -2.45. The molecule has 1 heterocycles. The van der Waals surface area contributed by atoms with E-state index in [0.717, 1.165) is 0 Å². The van der Waals surface area contributed by atoms with Gasteiger partial charge in [0.15, 0.2) is 0 Å². The monoisotopic (exact) mass is 308 g/mol. The standard InChI is InChI=1S/C16H21FN2O3/c1-11(2)19(16(21)12-7-8-22-10-12)9-15(20)18-14-5-3-13(17)4-6-14/h3-6,11-12H,7-10H2,1-2H3,(H,18,20)/t12-/m1/s1. The Hall–Kier alpha value is -1.95. The van der Waals surface area contributed by atoms with Crippen molar-refractivity contribution in [3.63, 3.8) is 0 Å². The second kappa shape index (κ2) is 7.35. The third-order valence-electron chi connectivity index (χ3n) is 3.63. The molecule has 2 amide bonds. The van der Waals surface area contributed by atoms with E-state index in [1.807, 2.05) is 13.8 Å². The largest absolute Gasteiger partial charge is 0.381 e. The predicted molar refractivity (Wildman–Crippen MR) is 80.8 cm³/mol. The van der Waals surface area contributed by atoms with Crippen molar-refractivity contribution >= 4 is 17.5 Å². The van der Waals surface area contributed by atoms with Crippen LogP contribution in [0.5, 0.6) is 0 Å². The van der Waals surface area contributed by atoms with Crippen molar-refractivity contribution in [2.45, 2.75) is 26.3 Å². The number of anilines is 1. The van der Waals surface area contributed by atoms with Crippen LogP contribution in [-0.2, 0) is 14.3 Å². The van der Waals surface area contributed by atoms with Gasteiger partial charge < -0.3 is 15.0 Å². The molecule has 1 N–H and O–H groups in total. The van der Waals surface area contributed by atoms with Gasteiger partial charge in [-0.15, -0.1) is 0 Å². The molecule has 1 fully saturated rings. The van der Waals surface area contributed by atoms with Crippen molar-refractivity contribution in [3.8, 4) is 0 Å². The third kappa shape index (κ3) is 4.27. The molecule has 0 spiro atoms. The average Bonchev–Trinajstić information content (AvgIpc) is 3.00. The number of halogens is 1. The van der Waals surface area contributed by atoms with Crippen LogP contribution < -0.4 is 5.32 Å². The maximum atomic E-state index is 12.8. The summed E-state index contributed by atoms with van der Waals surface area (Å²) in [7, 11) is 0. The number of rotatable bonds is 5. The smallest absolute Gasteiger partial charge is 0.244 e. The Balaban J connectivity index is 1.96. The molecule has 120 valence electrons. The summed E-state index contributed by atoms with van der Waals surface area (Å²) in [5.41, 5.74) is 0.506. The zero-order chi connectivity index (χ0) is 16.1. The molecule has 1 aliphatic rings. The van der Waals surface area contributed by atoms with E-state index in [-0.39, 0.29) is 36.1 Å². The number of hydrogen-bond donors (Lipinski definition) is 1. The fraction of sp³-hybridized carbons (Fsp3) is 0.500. The van der Waals surface area contributed by atoms with Crippen molar-refractivity contribution in [2.75, 3.05) is 25.1 Å². The zero-order valence-electron chi connectivity index (χ0n) is 12.8. The zero-order valence-corrected chi connectivity index (χ0v) is 12.8. The van der Waals surface area contributed by atoms with Crippen LogP contribution in [0.15, 0.2) is 24.3 Å². The van der Waals surface area contributed by atoms with E-state index >= 15 is 0 Å². The van der Waals surface area contributed by atoms with Gasteiger partial charge in [-0.05, 0) is 44.5 Å². The van der Waals surface area contributed by atoms with Crippen LogP contribution in [0, 0.1) is 11.7 Å². The van der Waals surface area contributed by atoms with Gasteiger partial charge in [0.05, 0.1) is 12.5 Å². The predicted octanol–water partition coefficient (Wildman–Crippen LogP) is 2.04. The van der Waals surface area contributed by atoms with E-state index in [2.05, 4.69) is 5.32 Å². The molecule has 0 bridgehead atoms. The quantitative estimate of drug-likeness (QED) is 0.905. The van der Waals surface area contributed by atoms with Crippen LogP contribution in [0.3, 0.4) is 0 Å². The minimum atomic E-state index is -0.363. The Morgan fingerprint density at radius 2 is 2.05 bits per heavy atom. The van der Waals surface area contributed by atoms with Crippen LogP contribution in [0.4, 0.5) is 10.1 Å². The SMILES string of the molecule is CC(C)N(CC(=O)Nc1ccc(F)cc1)C(=O)[C@@H]1CCOC1. The van der Waals surface area contributed by atoms with Crippen molar-refractivity contribution < 1.29 is 18.7 Å². The van der Waals surface area contributed by atoms with Gasteiger partial charge in [-0.1, -0.05) is 0 Å². The average molecular weight is 308 g/mol. The van der Waals surface area contributed by atoms with Gasteiger partial charge >= 0.3 is 0 Å². The van der Waals surface area contributed by atoms with Gasteiger partial charge in [-0.3, -0.25) is 9.59 Å². The fourth-order valence-electron chi connectivity index (χ4n) is 2.37. The van der Waals surface area contributed by atoms with Crippen LogP contribution in [0.1, 0.15) is 20.3 Å². The maximum Gasteiger partial charge on any atom is 0.244 e. The third-order valence-corrected chi connectivity index (χ3v) is 3.63. The highest BCUT2D eigenvalue weighted by Gasteiger charge is 2.30. The van der Waals surface area contributed by atoms with E-state index in [1.165, 1.54) is 24.3 Å². The van der Waals surface area contributed by atoms with Crippen molar-refractivity contribution in [3.05, 3.63) is 30.1 Å². The van der Waals surface area contributed by atoms with Crippen molar-refractivity contribution in [1.82, 2.24) is 4.90 Å². The number of nitrogens with one attached hydrogen (secondary N) is 1. The van der Waals surface area contributed by atoms with Crippen LogP contribution in [-0.4, -0.2) is 42.5 Å². The summed E-state index contributed by atoms with van der Waals surface area (Å²) in [5.74, 6) is -0.881. The molecule has 1 aliphatic heterocycles. The number of nitrogens with zero attached hydrogens (tertiary/aromatic N) is 1. The van der Waals surface area contributed by atoms with Crippen LogP contribution in [0.2, 0.25) is 0 Å². The summed E-state index contributed by atoms with van der Waals surface area (Å²) in [6.07, 6.45) is 0.696. The van der Waals surface area contributed by atoms with E-state index in [9.17, 15) is 14.0 Å². The van der Waals surface area contributed by atoms with Gasteiger partial charge in [0.1, 0.15) is 12.4 Å². The highest BCUT2D eigenvalue weighted by atomic mass is 19.1. The number of ether oxygens (including phenoxy) is 1. The van der Waals surface area contributed by atoms with Crippen LogP contribution in [0.25, 0.3) is 0 Å². The van der Waals surface area contributed by atoms with Gasteiger partial charge in [-0.2, -0.15) is 0 Å². The van der Waals surface area contributed by atoms with Crippen LogP contribution >= 0.6 is 0 Å². The Morgan fingerprint density at radius 1 is 1.36 bits per heavy atom. The first-order valence-electron chi connectivity index (χ1n) is 7.41. The fourth-order valence-corrected chi connectivity index (χ4v) is 2.37. The second-order valence-corrected chi connectivity index (χ2v) is 5.68. The molecule has 0 aliphatic carbocycles. The van der Waals surface area contributed by atoms with Gasteiger partial charge in [0.2, 0.25) is 11.8 Å². The molecule has 6 heteroatoms. The molecule has 0 aromatic heterocycles. The molecule has 0 unspecified atom stereocenters. The number of carbonyl (C=O) groups excluding carboxylic acids is 2. The molecule has 0 saturated carbocycles. The summed E-state index contributed by atoms with van der Waals surface area (Å²) < 4.78 is 18.1. The van der Waals surface area contributed by atoms with E-state index in [1.54, 1.807) is 4.90 Å². The first-order valence-corrected chi connectivity index (χ1v) is 7.41. The topological polar surface area (TPSA) is 58.6 Å². The Morgan fingerprint density at radius 3 is 2.59 bits per heavy atom. The van der Waals surface area contributed by atoms with E-state index in [0.29, 0.717) is 25.3 Å². The first-order chi connectivity index (χ1) is 10.5. The van der Waals surface area contributed by atoms with Crippen molar-refractivity contribution in [1.29, 1.82) is 0 Å². The highest BCUT2D eigenvalue weighted by Crippen LogP contribution is 2.17. The minimum absolute atomic E-state index is 0.0234.